The molecule has 0 saturated heterocycles. The molecule has 0 bridgehead atoms. The number of benzene rings is 1. The van der Waals surface area contributed by atoms with E-state index in [1.54, 1.807) is 0 Å². The predicted molar refractivity (Wildman–Crippen MR) is 51.4 cm³/mol. The predicted octanol–water partition coefficient (Wildman–Crippen LogP) is 1.62. The normalized spacial score (nSPS) is 14.2. The molecule has 0 aliphatic heterocycles. The maximum absolute atomic E-state index is 13.2. The van der Waals surface area contributed by atoms with Gasteiger partial charge in [0, 0.05) is 12.1 Å². The molecule has 0 heterocycles. The number of halogens is 3. The maximum atomic E-state index is 13.2. The Morgan fingerprint density at radius 3 is 2.24 bits per heavy atom. The molecule has 1 aromatic rings. The highest BCUT2D eigenvalue weighted by Gasteiger charge is 2.26. The molecule has 0 saturated carbocycles. The summed E-state index contributed by atoms with van der Waals surface area (Å²) in [6, 6.07) is 0.831. The molecule has 0 spiro atoms. The van der Waals surface area contributed by atoms with Crippen LogP contribution in [0.25, 0.3) is 0 Å². The molecule has 94 valence electrons. The van der Waals surface area contributed by atoms with Gasteiger partial charge in [-0.15, -0.1) is 0 Å². The number of aliphatic hydroxyl groups excluding tert-OH is 1. The molecule has 1 aromatic carbocycles. The highest BCUT2D eigenvalue weighted by atomic mass is 19.1. The minimum atomic E-state index is -1.77. The Bertz CT molecular complexity index is 416. The lowest BCUT2D eigenvalue weighted by molar-refractivity contribution is 0.0120. The average Bonchev–Trinajstić information content (AvgIpc) is 2.14. The molecule has 0 aliphatic rings. The van der Waals surface area contributed by atoms with Gasteiger partial charge >= 0.3 is 6.09 Å². The minimum Gasteiger partial charge on any atom is -0.444 e. The largest absolute Gasteiger partial charge is 0.444 e. The fourth-order valence-corrected chi connectivity index (χ4v) is 1.32. The van der Waals surface area contributed by atoms with Gasteiger partial charge in [-0.05, 0) is 6.92 Å². The molecule has 4 nitrogen and oxygen atoms in total. The van der Waals surface area contributed by atoms with E-state index in [2.05, 4.69) is 10.5 Å². The number of hydrogen-bond donors (Lipinski definition) is 2. The Morgan fingerprint density at radius 1 is 1.35 bits per heavy atom. The SMILES string of the molecule is C[C@H](OC(N)=O)[C@@H](O)c1c(F)cc(F)cc1F. The summed E-state index contributed by atoms with van der Waals surface area (Å²) in [5.41, 5.74) is 3.91. The van der Waals surface area contributed by atoms with Crippen LogP contribution in [0.5, 0.6) is 0 Å². The van der Waals surface area contributed by atoms with Crippen molar-refractivity contribution in [3.63, 3.8) is 0 Å². The zero-order chi connectivity index (χ0) is 13.2. The first-order valence-corrected chi connectivity index (χ1v) is 4.61. The average molecular weight is 249 g/mol. The molecule has 1 amide bonds. The van der Waals surface area contributed by atoms with E-state index in [0.717, 1.165) is 0 Å². The van der Waals surface area contributed by atoms with Gasteiger partial charge < -0.3 is 15.6 Å². The molecule has 0 radical (unpaired) electrons. The summed E-state index contributed by atoms with van der Waals surface area (Å²) in [7, 11) is 0. The van der Waals surface area contributed by atoms with E-state index in [1.807, 2.05) is 0 Å². The second-order valence-electron chi connectivity index (χ2n) is 3.37. The molecule has 1 rings (SSSR count). The van der Waals surface area contributed by atoms with Gasteiger partial charge in [-0.25, -0.2) is 18.0 Å². The lowest BCUT2D eigenvalue weighted by atomic mass is 10.0. The summed E-state index contributed by atoms with van der Waals surface area (Å²) < 4.78 is 43.5. The number of carbonyl (C=O) groups excluding carboxylic acids is 1. The topological polar surface area (TPSA) is 72.5 Å². The fourth-order valence-electron chi connectivity index (χ4n) is 1.32. The van der Waals surface area contributed by atoms with Crippen LogP contribution in [0.1, 0.15) is 18.6 Å². The number of aliphatic hydroxyl groups is 1. The van der Waals surface area contributed by atoms with Crippen LogP contribution >= 0.6 is 0 Å². The summed E-state index contributed by atoms with van der Waals surface area (Å²) in [6.07, 6.45) is -4.23. The van der Waals surface area contributed by atoms with Gasteiger partial charge in [0.1, 0.15) is 29.7 Å². The zero-order valence-corrected chi connectivity index (χ0v) is 8.78. The van der Waals surface area contributed by atoms with Gasteiger partial charge in [0.25, 0.3) is 0 Å². The lowest BCUT2D eigenvalue weighted by Crippen LogP contribution is -2.27. The Labute approximate surface area is 94.8 Å². The third kappa shape index (κ3) is 3.10. The molecule has 17 heavy (non-hydrogen) atoms. The number of rotatable bonds is 3. The van der Waals surface area contributed by atoms with Gasteiger partial charge in [-0.3, -0.25) is 0 Å². The number of amides is 1. The van der Waals surface area contributed by atoms with Crippen molar-refractivity contribution in [1.29, 1.82) is 0 Å². The molecule has 7 heteroatoms. The molecule has 0 aromatic heterocycles. The van der Waals surface area contributed by atoms with Gasteiger partial charge in [0.2, 0.25) is 0 Å². The maximum Gasteiger partial charge on any atom is 0.404 e. The summed E-state index contributed by atoms with van der Waals surface area (Å²) in [5.74, 6) is -3.65. The van der Waals surface area contributed by atoms with Crippen LogP contribution in [0.4, 0.5) is 18.0 Å². The molecule has 0 aliphatic carbocycles. The van der Waals surface area contributed by atoms with Crippen LogP contribution in [-0.2, 0) is 4.74 Å². The highest BCUT2D eigenvalue weighted by Crippen LogP contribution is 2.25. The monoisotopic (exact) mass is 249 g/mol. The van der Waals surface area contributed by atoms with E-state index in [9.17, 15) is 23.1 Å². The van der Waals surface area contributed by atoms with E-state index in [1.165, 1.54) is 6.92 Å². The molecular weight excluding hydrogens is 239 g/mol. The Morgan fingerprint density at radius 2 is 1.82 bits per heavy atom. The van der Waals surface area contributed by atoms with Crippen LogP contribution in [0.2, 0.25) is 0 Å². The summed E-state index contributed by atoms with van der Waals surface area (Å²) >= 11 is 0. The van der Waals surface area contributed by atoms with Crippen molar-refractivity contribution >= 4 is 6.09 Å². The van der Waals surface area contributed by atoms with Gasteiger partial charge in [0.05, 0.1) is 5.56 Å². The van der Waals surface area contributed by atoms with Crippen LogP contribution in [0, 0.1) is 17.5 Å². The second-order valence-corrected chi connectivity index (χ2v) is 3.37. The third-order valence-electron chi connectivity index (χ3n) is 2.09. The molecule has 2 atom stereocenters. The van der Waals surface area contributed by atoms with E-state index < -0.39 is 41.3 Å². The van der Waals surface area contributed by atoms with E-state index >= 15 is 0 Å². The number of nitrogens with two attached hydrogens (primary N) is 1. The Hall–Kier alpha value is -1.76. The molecule has 0 unspecified atom stereocenters. The minimum absolute atomic E-state index is 0.415. The number of ether oxygens (including phenoxy) is 1. The van der Waals surface area contributed by atoms with E-state index in [0.29, 0.717) is 12.1 Å². The summed E-state index contributed by atoms with van der Waals surface area (Å²) in [5, 5.41) is 9.56. The van der Waals surface area contributed by atoms with E-state index in [4.69, 9.17) is 0 Å². The standard InChI is InChI=1S/C10H10F3NO3/c1-4(17-10(14)16)9(15)8-6(12)2-5(11)3-7(8)13/h2-4,9,15H,1H3,(H2,14,16)/t4-,9+/m0/s1. The summed E-state index contributed by atoms with van der Waals surface area (Å²) in [6.45, 7) is 1.19. The van der Waals surface area contributed by atoms with Crippen molar-refractivity contribution in [2.24, 2.45) is 5.73 Å². The van der Waals surface area contributed by atoms with Gasteiger partial charge in [-0.1, -0.05) is 0 Å². The van der Waals surface area contributed by atoms with Crippen LogP contribution in [0.15, 0.2) is 12.1 Å². The lowest BCUT2D eigenvalue weighted by Gasteiger charge is -2.19. The quantitative estimate of drug-likeness (QED) is 0.854. The number of hydrogen-bond acceptors (Lipinski definition) is 3. The van der Waals surface area contributed by atoms with Crippen LogP contribution in [0.3, 0.4) is 0 Å². The Kier molecular flexibility index (Phi) is 3.95. The number of carbonyl (C=O) groups is 1. The van der Waals surface area contributed by atoms with Crippen LogP contribution in [-0.4, -0.2) is 17.3 Å². The Balaban J connectivity index is 3.03. The van der Waals surface area contributed by atoms with Crippen molar-refractivity contribution in [2.45, 2.75) is 19.1 Å². The first kappa shape index (κ1) is 13.3. The summed E-state index contributed by atoms with van der Waals surface area (Å²) in [4.78, 5) is 10.4. The highest BCUT2D eigenvalue weighted by molar-refractivity contribution is 5.64. The van der Waals surface area contributed by atoms with Gasteiger partial charge in [0.15, 0.2) is 0 Å². The number of primary amides is 1. The smallest absolute Gasteiger partial charge is 0.404 e. The van der Waals surface area contributed by atoms with E-state index in [-0.39, 0.29) is 0 Å². The second kappa shape index (κ2) is 5.05. The fraction of sp³-hybridized carbons (Fsp3) is 0.300. The molecule has 3 N–H and O–H groups in total. The van der Waals surface area contributed by atoms with Gasteiger partial charge in [-0.2, -0.15) is 0 Å². The molecule has 0 fully saturated rings. The third-order valence-corrected chi connectivity index (χ3v) is 2.09. The van der Waals surface area contributed by atoms with Crippen molar-refractivity contribution in [2.75, 3.05) is 0 Å². The van der Waals surface area contributed by atoms with Crippen molar-refractivity contribution in [3.8, 4) is 0 Å². The zero-order valence-electron chi connectivity index (χ0n) is 8.78. The first-order valence-electron chi connectivity index (χ1n) is 4.61. The van der Waals surface area contributed by atoms with Crippen molar-refractivity contribution in [3.05, 3.63) is 35.1 Å². The van der Waals surface area contributed by atoms with Crippen LogP contribution < -0.4 is 5.73 Å². The van der Waals surface area contributed by atoms with Crippen molar-refractivity contribution < 1.29 is 27.8 Å². The first-order chi connectivity index (χ1) is 7.82. The molecular formula is C10H10F3NO3. The van der Waals surface area contributed by atoms with Crippen molar-refractivity contribution in [1.82, 2.24) is 0 Å².